The van der Waals surface area contributed by atoms with E-state index in [1.165, 1.54) is 6.20 Å². The number of rotatable bonds is 7. The summed E-state index contributed by atoms with van der Waals surface area (Å²) in [7, 11) is 0. The number of anilines is 1. The molecule has 1 rings (SSSR count). The highest BCUT2D eigenvalue weighted by Gasteiger charge is 2.16. The molecule has 0 aliphatic carbocycles. The van der Waals surface area contributed by atoms with Gasteiger partial charge in [-0.05, 0) is 25.0 Å². The van der Waals surface area contributed by atoms with E-state index in [1.807, 2.05) is 19.9 Å². The fraction of sp³-hybridized carbons (Fsp3) is 0.353. The van der Waals surface area contributed by atoms with E-state index in [2.05, 4.69) is 10.6 Å². The van der Waals surface area contributed by atoms with Crippen LogP contribution >= 0.6 is 0 Å². The smallest absolute Gasteiger partial charge is 0.340 e. The molecule has 0 radical (unpaired) electrons. The molecule has 0 heterocycles. The Kier molecular flexibility index (Phi) is 7.34. The topological polar surface area (TPSA) is 91.2 Å². The molecule has 0 saturated heterocycles. The zero-order chi connectivity index (χ0) is 17.2. The summed E-state index contributed by atoms with van der Waals surface area (Å²) in [4.78, 5) is 24.0. The molecule has 2 N–H and O–H groups in total. The highest BCUT2D eigenvalue weighted by atomic mass is 16.5. The monoisotopic (exact) mass is 315 g/mol. The third-order valence-electron chi connectivity index (χ3n) is 2.81. The Hall–Kier alpha value is -2.81. The van der Waals surface area contributed by atoms with E-state index in [4.69, 9.17) is 10.00 Å². The molecule has 0 aromatic heterocycles. The summed E-state index contributed by atoms with van der Waals surface area (Å²) in [5.41, 5.74) is 0.486. The first-order valence-corrected chi connectivity index (χ1v) is 7.40. The van der Waals surface area contributed by atoms with Gasteiger partial charge in [0, 0.05) is 12.7 Å². The summed E-state index contributed by atoms with van der Waals surface area (Å²) >= 11 is 0. The third-order valence-corrected chi connectivity index (χ3v) is 2.81. The lowest BCUT2D eigenvalue weighted by Crippen LogP contribution is -2.20. The molecule has 0 aliphatic rings. The summed E-state index contributed by atoms with van der Waals surface area (Å²) in [6.07, 6.45) is 1.38. The van der Waals surface area contributed by atoms with Gasteiger partial charge in [0.2, 0.25) is 0 Å². The Labute approximate surface area is 136 Å². The van der Waals surface area contributed by atoms with Crippen molar-refractivity contribution >= 4 is 17.6 Å². The van der Waals surface area contributed by atoms with Crippen LogP contribution in [0.3, 0.4) is 0 Å². The Morgan fingerprint density at radius 2 is 2.04 bits per heavy atom. The maximum Gasteiger partial charge on any atom is 0.340 e. The number of nitrogens with one attached hydrogen (secondary N) is 2. The van der Waals surface area contributed by atoms with Crippen LogP contribution in [-0.2, 0) is 9.53 Å². The van der Waals surface area contributed by atoms with Crippen molar-refractivity contribution in [3.05, 3.63) is 41.6 Å². The Balaban J connectivity index is 2.88. The molecule has 6 heteroatoms. The van der Waals surface area contributed by atoms with Gasteiger partial charge in [-0.15, -0.1) is 0 Å². The molecule has 1 aromatic rings. The number of benzene rings is 1. The number of nitriles is 1. The minimum Gasteiger partial charge on any atom is -0.462 e. The maximum absolute atomic E-state index is 12.2. The van der Waals surface area contributed by atoms with Gasteiger partial charge in [0.05, 0.1) is 17.9 Å². The van der Waals surface area contributed by atoms with Crippen LogP contribution in [0.5, 0.6) is 0 Å². The molecule has 0 fully saturated rings. The van der Waals surface area contributed by atoms with E-state index < -0.39 is 11.9 Å². The van der Waals surface area contributed by atoms with Gasteiger partial charge < -0.3 is 15.4 Å². The fourth-order valence-corrected chi connectivity index (χ4v) is 1.71. The van der Waals surface area contributed by atoms with Gasteiger partial charge in [-0.1, -0.05) is 26.0 Å². The van der Waals surface area contributed by atoms with Crippen LogP contribution in [0.4, 0.5) is 5.69 Å². The summed E-state index contributed by atoms with van der Waals surface area (Å²) < 4.78 is 4.95. The molecule has 1 amide bonds. The molecule has 23 heavy (non-hydrogen) atoms. The van der Waals surface area contributed by atoms with Crippen LogP contribution in [0.2, 0.25) is 0 Å². The van der Waals surface area contributed by atoms with E-state index in [0.717, 1.165) is 0 Å². The van der Waals surface area contributed by atoms with Crippen molar-refractivity contribution in [3.8, 4) is 6.07 Å². The highest BCUT2D eigenvalue weighted by molar-refractivity contribution is 6.09. The van der Waals surface area contributed by atoms with Crippen LogP contribution in [0.15, 0.2) is 36.0 Å². The lowest BCUT2D eigenvalue weighted by molar-refractivity contribution is -0.112. The zero-order valence-corrected chi connectivity index (χ0v) is 13.6. The van der Waals surface area contributed by atoms with Crippen molar-refractivity contribution in [2.45, 2.75) is 20.8 Å². The number of hydrogen-bond donors (Lipinski definition) is 2. The van der Waals surface area contributed by atoms with Crippen LogP contribution in [-0.4, -0.2) is 25.0 Å². The molecule has 6 nitrogen and oxygen atoms in total. The van der Waals surface area contributed by atoms with Gasteiger partial charge >= 0.3 is 5.97 Å². The predicted octanol–water partition coefficient (Wildman–Crippen LogP) is 2.45. The number of para-hydroxylation sites is 1. The largest absolute Gasteiger partial charge is 0.462 e. The van der Waals surface area contributed by atoms with E-state index in [0.29, 0.717) is 18.2 Å². The van der Waals surface area contributed by atoms with Crippen LogP contribution < -0.4 is 10.6 Å². The summed E-state index contributed by atoms with van der Waals surface area (Å²) in [6, 6.07) is 8.34. The molecule has 0 saturated carbocycles. The first-order chi connectivity index (χ1) is 11.0. The molecule has 0 spiro atoms. The molecular formula is C17H21N3O3. The van der Waals surface area contributed by atoms with Crippen LogP contribution in [0, 0.1) is 17.2 Å². The Morgan fingerprint density at radius 1 is 1.35 bits per heavy atom. The molecule has 0 unspecified atom stereocenters. The number of amides is 1. The van der Waals surface area contributed by atoms with Gasteiger partial charge in [-0.3, -0.25) is 4.79 Å². The quantitative estimate of drug-likeness (QED) is 0.458. The first kappa shape index (κ1) is 18.2. The minimum atomic E-state index is -0.583. The van der Waals surface area contributed by atoms with Gasteiger partial charge in [0.15, 0.2) is 0 Å². The second-order valence-corrected chi connectivity index (χ2v) is 5.19. The molecular weight excluding hydrogens is 294 g/mol. The van der Waals surface area contributed by atoms with E-state index in [9.17, 15) is 9.59 Å². The van der Waals surface area contributed by atoms with Crippen LogP contribution in [0.1, 0.15) is 31.1 Å². The van der Waals surface area contributed by atoms with Gasteiger partial charge in [-0.2, -0.15) is 5.26 Å². The molecule has 122 valence electrons. The van der Waals surface area contributed by atoms with Crippen molar-refractivity contribution in [3.63, 3.8) is 0 Å². The van der Waals surface area contributed by atoms with Crippen molar-refractivity contribution in [2.24, 2.45) is 5.92 Å². The van der Waals surface area contributed by atoms with Crippen molar-refractivity contribution in [2.75, 3.05) is 18.5 Å². The SMILES string of the molecule is CCOC(=O)c1ccccc1NC(=O)/C(C#N)=C\NCC(C)C. The second-order valence-electron chi connectivity index (χ2n) is 5.19. The zero-order valence-electron chi connectivity index (χ0n) is 13.6. The second kappa shape index (κ2) is 9.26. The average molecular weight is 315 g/mol. The van der Waals surface area contributed by atoms with E-state index in [-0.39, 0.29) is 17.7 Å². The molecule has 0 bridgehead atoms. The van der Waals surface area contributed by atoms with Gasteiger partial charge in [-0.25, -0.2) is 4.79 Å². The maximum atomic E-state index is 12.2. The number of carbonyl (C=O) groups excluding carboxylic acids is 2. The predicted molar refractivity (Wildman–Crippen MR) is 87.6 cm³/mol. The van der Waals surface area contributed by atoms with Crippen LogP contribution in [0.25, 0.3) is 0 Å². The average Bonchev–Trinajstić information content (AvgIpc) is 2.52. The fourth-order valence-electron chi connectivity index (χ4n) is 1.71. The number of hydrogen-bond acceptors (Lipinski definition) is 5. The van der Waals surface area contributed by atoms with Crippen molar-refractivity contribution in [1.29, 1.82) is 5.26 Å². The van der Waals surface area contributed by atoms with Gasteiger partial charge in [0.1, 0.15) is 11.6 Å². The van der Waals surface area contributed by atoms with E-state index in [1.54, 1.807) is 31.2 Å². The summed E-state index contributed by atoms with van der Waals surface area (Å²) in [5.74, 6) is -0.719. The first-order valence-electron chi connectivity index (χ1n) is 7.40. The standard InChI is InChI=1S/C17H21N3O3/c1-4-23-17(22)14-7-5-6-8-15(14)20-16(21)13(9-18)11-19-10-12(2)3/h5-8,11-12,19H,4,10H2,1-3H3,(H,20,21)/b13-11-. The number of ether oxygens (including phenoxy) is 1. The van der Waals surface area contributed by atoms with Crippen molar-refractivity contribution in [1.82, 2.24) is 5.32 Å². The van der Waals surface area contributed by atoms with Gasteiger partial charge in [0.25, 0.3) is 5.91 Å². The molecule has 1 aromatic carbocycles. The Morgan fingerprint density at radius 3 is 2.65 bits per heavy atom. The lowest BCUT2D eigenvalue weighted by atomic mass is 10.1. The van der Waals surface area contributed by atoms with Crippen molar-refractivity contribution < 1.29 is 14.3 Å². The number of esters is 1. The Bertz CT molecular complexity index is 630. The highest BCUT2D eigenvalue weighted by Crippen LogP contribution is 2.17. The minimum absolute atomic E-state index is 0.0655. The number of nitrogens with zero attached hydrogens (tertiary/aromatic N) is 1. The molecule has 0 aliphatic heterocycles. The normalized spacial score (nSPS) is 10.8. The van der Waals surface area contributed by atoms with E-state index >= 15 is 0 Å². The lowest BCUT2D eigenvalue weighted by Gasteiger charge is -2.10. The third kappa shape index (κ3) is 5.83. The summed E-state index contributed by atoms with van der Waals surface area (Å²) in [6.45, 7) is 6.63. The molecule has 0 atom stereocenters. The number of carbonyl (C=O) groups is 2. The summed E-state index contributed by atoms with van der Waals surface area (Å²) in [5, 5.41) is 14.6.